The van der Waals surface area contributed by atoms with Gasteiger partial charge in [-0.05, 0) is 38.4 Å². The molecule has 7 heteroatoms. The van der Waals surface area contributed by atoms with E-state index in [1.54, 1.807) is 18.0 Å². The molecule has 1 aliphatic heterocycles. The van der Waals surface area contributed by atoms with E-state index in [0.717, 1.165) is 22.0 Å². The van der Waals surface area contributed by atoms with Gasteiger partial charge in [-0.1, -0.05) is 23.9 Å². The molecular formula is C18H21N3O3S. The summed E-state index contributed by atoms with van der Waals surface area (Å²) in [6.45, 7) is 2.03. The van der Waals surface area contributed by atoms with E-state index in [2.05, 4.69) is 4.98 Å². The lowest BCUT2D eigenvalue weighted by atomic mass is 10.2. The van der Waals surface area contributed by atoms with Gasteiger partial charge in [0.15, 0.2) is 5.82 Å². The number of hydrogen-bond donors (Lipinski definition) is 0. The molecule has 0 aliphatic carbocycles. The van der Waals surface area contributed by atoms with Gasteiger partial charge in [-0.15, -0.1) is 0 Å². The third kappa shape index (κ3) is 4.31. The number of carbonyl (C=O) groups excluding carboxylic acids is 1. The molecule has 1 aromatic carbocycles. The van der Waals surface area contributed by atoms with Crippen LogP contribution in [-0.4, -0.2) is 56.4 Å². The molecule has 2 heterocycles. The molecule has 1 amide bonds. The molecule has 0 saturated heterocycles. The zero-order chi connectivity index (χ0) is 17.6. The molecule has 25 heavy (non-hydrogen) atoms. The molecular weight excluding hydrogens is 338 g/mol. The largest absolute Gasteiger partial charge is 0.446 e. The first-order chi connectivity index (χ1) is 12.2. The van der Waals surface area contributed by atoms with Crippen molar-refractivity contribution in [3.8, 4) is 0 Å². The van der Waals surface area contributed by atoms with Gasteiger partial charge in [-0.3, -0.25) is 0 Å². The number of likely N-dealkylation sites (N-methyl/N-ethyl adjacent to an activating group) is 1. The number of aromatic nitrogens is 1. The van der Waals surface area contributed by atoms with Crippen LogP contribution in [0.15, 0.2) is 52.4 Å². The van der Waals surface area contributed by atoms with Crippen molar-refractivity contribution in [2.45, 2.75) is 9.79 Å². The van der Waals surface area contributed by atoms with Gasteiger partial charge in [0.2, 0.25) is 0 Å². The number of fused-ring (bicyclic) bond motifs is 2. The number of carbonyl (C=O) groups is 1. The van der Waals surface area contributed by atoms with Crippen LogP contribution in [0.3, 0.4) is 0 Å². The topological polar surface area (TPSA) is 54.9 Å². The summed E-state index contributed by atoms with van der Waals surface area (Å²) in [5.74, 6) is 0.602. The second-order valence-electron chi connectivity index (χ2n) is 5.76. The maximum absolute atomic E-state index is 12.7. The van der Waals surface area contributed by atoms with E-state index in [1.807, 2.05) is 55.4 Å². The SMILES string of the molecule is CN(C)CCOCCOC(=O)N1c2ccccc2Sc2cccnc21. The minimum Gasteiger partial charge on any atom is -0.446 e. The molecule has 0 N–H and O–H groups in total. The Hall–Kier alpha value is -2.09. The Morgan fingerprint density at radius 2 is 1.92 bits per heavy atom. The molecule has 0 saturated carbocycles. The van der Waals surface area contributed by atoms with Crippen molar-refractivity contribution in [2.75, 3.05) is 45.4 Å². The highest BCUT2D eigenvalue weighted by Crippen LogP contribution is 2.46. The van der Waals surface area contributed by atoms with E-state index >= 15 is 0 Å². The Labute approximate surface area is 151 Å². The highest BCUT2D eigenvalue weighted by Gasteiger charge is 2.30. The smallest absolute Gasteiger partial charge is 0.420 e. The van der Waals surface area contributed by atoms with Crippen LogP contribution < -0.4 is 4.90 Å². The van der Waals surface area contributed by atoms with Gasteiger partial charge in [0.25, 0.3) is 0 Å². The fourth-order valence-electron chi connectivity index (χ4n) is 2.38. The van der Waals surface area contributed by atoms with Crippen LogP contribution in [0.2, 0.25) is 0 Å². The average molecular weight is 359 g/mol. The molecule has 1 aliphatic rings. The lowest BCUT2D eigenvalue weighted by Crippen LogP contribution is -2.31. The number of nitrogens with zero attached hydrogens (tertiary/aromatic N) is 3. The van der Waals surface area contributed by atoms with Gasteiger partial charge in [0.1, 0.15) is 6.61 Å². The van der Waals surface area contributed by atoms with Crippen LogP contribution in [0.1, 0.15) is 0 Å². The maximum Gasteiger partial charge on any atom is 0.420 e. The summed E-state index contributed by atoms with van der Waals surface area (Å²) in [4.78, 5) is 22.5. The Morgan fingerprint density at radius 1 is 1.12 bits per heavy atom. The van der Waals surface area contributed by atoms with Crippen molar-refractivity contribution >= 4 is 29.4 Å². The monoisotopic (exact) mass is 359 g/mol. The fraction of sp³-hybridized carbons (Fsp3) is 0.333. The van der Waals surface area contributed by atoms with Crippen LogP contribution in [0.25, 0.3) is 0 Å². The van der Waals surface area contributed by atoms with Gasteiger partial charge in [-0.2, -0.15) is 0 Å². The molecule has 2 aromatic rings. The maximum atomic E-state index is 12.7. The molecule has 0 bridgehead atoms. The third-order valence-corrected chi connectivity index (χ3v) is 4.71. The Kier molecular flexibility index (Phi) is 5.91. The Bertz CT molecular complexity index is 694. The zero-order valence-electron chi connectivity index (χ0n) is 14.3. The van der Waals surface area contributed by atoms with Crippen LogP contribution in [0.4, 0.5) is 16.3 Å². The van der Waals surface area contributed by atoms with Crippen LogP contribution in [0, 0.1) is 0 Å². The van der Waals surface area contributed by atoms with E-state index in [1.165, 1.54) is 4.90 Å². The number of rotatable bonds is 6. The summed E-state index contributed by atoms with van der Waals surface area (Å²) in [6.07, 6.45) is 1.24. The predicted molar refractivity (Wildman–Crippen MR) is 97.7 cm³/mol. The Morgan fingerprint density at radius 3 is 2.76 bits per heavy atom. The molecule has 0 radical (unpaired) electrons. The first kappa shape index (κ1) is 17.7. The first-order valence-corrected chi connectivity index (χ1v) is 8.89. The van der Waals surface area contributed by atoms with Gasteiger partial charge < -0.3 is 14.4 Å². The predicted octanol–water partition coefficient (Wildman–Crippen LogP) is 3.40. The summed E-state index contributed by atoms with van der Waals surface area (Å²) in [6, 6.07) is 11.6. The highest BCUT2D eigenvalue weighted by atomic mass is 32.2. The number of pyridine rings is 1. The van der Waals surface area contributed by atoms with Crippen molar-refractivity contribution in [2.24, 2.45) is 0 Å². The number of benzene rings is 1. The van der Waals surface area contributed by atoms with Crippen LogP contribution >= 0.6 is 11.8 Å². The molecule has 0 unspecified atom stereocenters. The second-order valence-corrected chi connectivity index (χ2v) is 6.84. The van der Waals surface area contributed by atoms with Crippen LogP contribution in [0.5, 0.6) is 0 Å². The number of hydrogen-bond acceptors (Lipinski definition) is 6. The van der Waals surface area contributed by atoms with E-state index in [0.29, 0.717) is 19.0 Å². The number of para-hydroxylation sites is 1. The summed E-state index contributed by atoms with van der Waals surface area (Å²) >= 11 is 1.60. The quantitative estimate of drug-likeness (QED) is 0.737. The normalized spacial score (nSPS) is 12.7. The number of amides is 1. The molecule has 0 spiro atoms. The third-order valence-electron chi connectivity index (χ3n) is 3.61. The zero-order valence-corrected chi connectivity index (χ0v) is 15.2. The molecule has 132 valence electrons. The average Bonchev–Trinajstić information content (AvgIpc) is 2.62. The van der Waals surface area contributed by atoms with Crippen LogP contribution in [-0.2, 0) is 9.47 Å². The number of anilines is 2. The minimum absolute atomic E-state index is 0.209. The van der Waals surface area contributed by atoms with Gasteiger partial charge in [-0.25, -0.2) is 14.7 Å². The fourth-order valence-corrected chi connectivity index (χ4v) is 3.41. The lowest BCUT2D eigenvalue weighted by Gasteiger charge is -2.28. The Balaban J connectivity index is 1.66. The lowest BCUT2D eigenvalue weighted by molar-refractivity contribution is 0.0691. The van der Waals surface area contributed by atoms with Gasteiger partial charge in [0.05, 0.1) is 23.8 Å². The number of ether oxygens (including phenoxy) is 2. The molecule has 0 atom stereocenters. The summed E-state index contributed by atoms with van der Waals surface area (Å²) in [7, 11) is 3.97. The summed E-state index contributed by atoms with van der Waals surface area (Å²) in [5.41, 5.74) is 0.789. The first-order valence-electron chi connectivity index (χ1n) is 8.08. The van der Waals surface area contributed by atoms with E-state index in [4.69, 9.17) is 9.47 Å². The minimum atomic E-state index is -0.441. The van der Waals surface area contributed by atoms with Crippen molar-refractivity contribution < 1.29 is 14.3 Å². The van der Waals surface area contributed by atoms with E-state index < -0.39 is 6.09 Å². The van der Waals surface area contributed by atoms with E-state index in [-0.39, 0.29) is 6.61 Å². The highest BCUT2D eigenvalue weighted by molar-refractivity contribution is 7.99. The molecule has 0 fully saturated rings. The van der Waals surface area contributed by atoms with Gasteiger partial charge in [0, 0.05) is 17.6 Å². The van der Waals surface area contributed by atoms with Gasteiger partial charge >= 0.3 is 6.09 Å². The molecule has 1 aromatic heterocycles. The standard InChI is InChI=1S/C18H21N3O3S/c1-20(2)10-11-23-12-13-24-18(22)21-14-6-3-4-7-15(14)25-16-8-5-9-19-17(16)21/h3-9H,10-13H2,1-2H3. The van der Waals surface area contributed by atoms with Crippen molar-refractivity contribution in [1.82, 2.24) is 9.88 Å². The summed E-state index contributed by atoms with van der Waals surface area (Å²) in [5, 5.41) is 0. The van der Waals surface area contributed by atoms with Crippen molar-refractivity contribution in [3.63, 3.8) is 0 Å². The molecule has 3 rings (SSSR count). The van der Waals surface area contributed by atoms with E-state index in [9.17, 15) is 4.79 Å². The summed E-state index contributed by atoms with van der Waals surface area (Å²) < 4.78 is 10.9. The second kappa shape index (κ2) is 8.33. The molecule has 6 nitrogen and oxygen atoms in total. The van der Waals surface area contributed by atoms with Crippen molar-refractivity contribution in [3.05, 3.63) is 42.6 Å². The van der Waals surface area contributed by atoms with Crippen molar-refractivity contribution in [1.29, 1.82) is 0 Å².